The smallest absolute Gasteiger partial charge is 0.127 e. The second-order valence-corrected chi connectivity index (χ2v) is 11.7. The highest BCUT2D eigenvalue weighted by Crippen LogP contribution is 2.58. The molecule has 0 amide bonds. The van der Waals surface area contributed by atoms with Gasteiger partial charge in [-0.1, -0.05) is 66.7 Å². The maximum atomic E-state index is 13.3. The van der Waals surface area contributed by atoms with Gasteiger partial charge in [0, 0.05) is 0 Å². The first-order valence-electron chi connectivity index (χ1n) is 11.3. The molecule has 0 aliphatic heterocycles. The van der Waals surface area contributed by atoms with Crippen LogP contribution in [0.3, 0.4) is 0 Å². The summed E-state index contributed by atoms with van der Waals surface area (Å²) in [7, 11) is -1.99. The van der Waals surface area contributed by atoms with E-state index in [1.165, 1.54) is 33.6 Å². The van der Waals surface area contributed by atoms with E-state index >= 15 is 0 Å². The minimum Gasteiger partial charge on any atom is -0.457 e. The standard InChI is InChI=1S/C31H25FOP/c32-26-19-21-27(22-20-26)33-28-12-10-11-25(23-28)24-34(29-13-4-1-5-14-29,30-15-6-2-7-16-30)31-17-8-3-9-18-31/h1-23H,24H2/q+1. The predicted octanol–water partition coefficient (Wildman–Crippen LogP) is 7.11. The fraction of sp³-hybridized carbons (Fsp3) is 0.0323. The van der Waals surface area contributed by atoms with Gasteiger partial charge in [-0.15, -0.1) is 0 Å². The van der Waals surface area contributed by atoms with Crippen molar-refractivity contribution in [2.24, 2.45) is 0 Å². The first-order chi connectivity index (χ1) is 16.7. The van der Waals surface area contributed by atoms with Gasteiger partial charge in [0.05, 0.1) is 6.16 Å². The summed E-state index contributed by atoms with van der Waals surface area (Å²) >= 11 is 0. The van der Waals surface area contributed by atoms with Crippen LogP contribution >= 0.6 is 7.26 Å². The third-order valence-electron chi connectivity index (χ3n) is 5.96. The Kier molecular flexibility index (Phi) is 6.51. The zero-order chi connectivity index (χ0) is 23.2. The average Bonchev–Trinajstić information content (AvgIpc) is 2.90. The number of halogens is 1. The predicted molar refractivity (Wildman–Crippen MR) is 142 cm³/mol. The molecule has 0 saturated heterocycles. The van der Waals surface area contributed by atoms with Crippen LogP contribution in [0.2, 0.25) is 0 Å². The Morgan fingerprint density at radius 1 is 0.500 bits per heavy atom. The van der Waals surface area contributed by atoms with E-state index in [0.29, 0.717) is 5.75 Å². The molecule has 0 N–H and O–H groups in total. The average molecular weight is 464 g/mol. The molecule has 1 nitrogen and oxygen atoms in total. The summed E-state index contributed by atoms with van der Waals surface area (Å²) in [6, 6.07) is 46.9. The van der Waals surface area contributed by atoms with Crippen LogP contribution in [0, 0.1) is 5.82 Å². The maximum absolute atomic E-state index is 13.3. The van der Waals surface area contributed by atoms with Crippen molar-refractivity contribution < 1.29 is 9.13 Å². The van der Waals surface area contributed by atoms with E-state index in [1.807, 2.05) is 12.1 Å². The van der Waals surface area contributed by atoms with Crippen LogP contribution in [0.25, 0.3) is 0 Å². The van der Waals surface area contributed by atoms with Crippen molar-refractivity contribution >= 4 is 23.2 Å². The van der Waals surface area contributed by atoms with Gasteiger partial charge in [0.25, 0.3) is 0 Å². The van der Waals surface area contributed by atoms with Gasteiger partial charge in [0.1, 0.15) is 40.5 Å². The number of hydrogen-bond donors (Lipinski definition) is 0. The minimum absolute atomic E-state index is 0.274. The fourth-order valence-corrected chi connectivity index (χ4v) is 8.62. The topological polar surface area (TPSA) is 9.23 Å². The Bertz CT molecular complexity index is 1240. The Labute approximate surface area is 200 Å². The molecule has 0 atom stereocenters. The van der Waals surface area contributed by atoms with E-state index in [1.54, 1.807) is 12.1 Å². The monoisotopic (exact) mass is 463 g/mol. The molecule has 0 spiro atoms. The van der Waals surface area contributed by atoms with Crippen LogP contribution in [0.15, 0.2) is 140 Å². The molecule has 0 bridgehead atoms. The fourth-order valence-electron chi connectivity index (χ4n) is 4.39. The zero-order valence-electron chi connectivity index (χ0n) is 18.7. The molecule has 5 aromatic rings. The van der Waals surface area contributed by atoms with E-state index < -0.39 is 7.26 Å². The van der Waals surface area contributed by atoms with Crippen LogP contribution in [0.4, 0.5) is 4.39 Å². The molecular weight excluding hydrogens is 438 g/mol. The number of ether oxygens (including phenoxy) is 1. The molecular formula is C31H25FOP+. The molecule has 0 aliphatic carbocycles. The molecule has 0 saturated carbocycles. The summed E-state index contributed by atoms with van der Waals surface area (Å²) in [6.45, 7) is 0. The molecule has 3 heteroatoms. The highest BCUT2D eigenvalue weighted by molar-refractivity contribution is 7.95. The third kappa shape index (κ3) is 4.64. The SMILES string of the molecule is Fc1ccc(Oc2cccc(C[P+](c3ccccc3)(c3ccccc3)c3ccccc3)c2)cc1. The van der Waals surface area contributed by atoms with Gasteiger partial charge >= 0.3 is 0 Å². The van der Waals surface area contributed by atoms with E-state index in [-0.39, 0.29) is 5.82 Å². The molecule has 0 radical (unpaired) electrons. The Hall–Kier alpha value is -3.74. The highest BCUT2D eigenvalue weighted by atomic mass is 31.2. The van der Waals surface area contributed by atoms with E-state index in [9.17, 15) is 4.39 Å². The first kappa shape index (κ1) is 22.1. The summed E-state index contributed by atoms with van der Waals surface area (Å²) in [4.78, 5) is 0. The molecule has 166 valence electrons. The molecule has 0 fully saturated rings. The van der Waals surface area contributed by atoms with Crippen LogP contribution in [-0.2, 0) is 6.16 Å². The van der Waals surface area contributed by atoms with E-state index in [0.717, 1.165) is 11.9 Å². The van der Waals surface area contributed by atoms with E-state index in [4.69, 9.17) is 4.74 Å². The lowest BCUT2D eigenvalue weighted by Crippen LogP contribution is -2.32. The summed E-state index contributed by atoms with van der Waals surface area (Å²) in [5.41, 5.74) is 1.20. The largest absolute Gasteiger partial charge is 0.457 e. The van der Waals surface area contributed by atoms with Crippen molar-refractivity contribution in [3.05, 3.63) is 151 Å². The maximum Gasteiger partial charge on any atom is 0.127 e. The number of hydrogen-bond acceptors (Lipinski definition) is 1. The lowest BCUT2D eigenvalue weighted by molar-refractivity contribution is 0.480. The molecule has 0 aliphatic rings. The zero-order valence-corrected chi connectivity index (χ0v) is 19.6. The van der Waals surface area contributed by atoms with Gasteiger partial charge in [0.2, 0.25) is 0 Å². The van der Waals surface area contributed by atoms with Crippen molar-refractivity contribution in [3.63, 3.8) is 0 Å². The van der Waals surface area contributed by atoms with Crippen molar-refractivity contribution in [2.45, 2.75) is 6.16 Å². The van der Waals surface area contributed by atoms with Gasteiger partial charge in [-0.2, -0.15) is 0 Å². The molecule has 5 aromatic carbocycles. The lowest BCUT2D eigenvalue weighted by Gasteiger charge is -2.28. The molecule has 34 heavy (non-hydrogen) atoms. The Morgan fingerprint density at radius 3 is 1.50 bits per heavy atom. The molecule has 0 unspecified atom stereocenters. The van der Waals surface area contributed by atoms with Gasteiger partial charge in [0.15, 0.2) is 0 Å². The van der Waals surface area contributed by atoms with Gasteiger partial charge < -0.3 is 4.74 Å². The van der Waals surface area contributed by atoms with Gasteiger partial charge in [-0.05, 0) is 78.4 Å². The lowest BCUT2D eigenvalue weighted by atomic mass is 10.2. The quantitative estimate of drug-likeness (QED) is 0.234. The second-order valence-electron chi connectivity index (χ2n) is 8.18. The third-order valence-corrected chi connectivity index (χ3v) is 10.3. The Morgan fingerprint density at radius 2 is 1.00 bits per heavy atom. The van der Waals surface area contributed by atoms with Gasteiger partial charge in [-0.3, -0.25) is 0 Å². The summed E-state index contributed by atoms with van der Waals surface area (Å²) < 4.78 is 19.4. The van der Waals surface area contributed by atoms with Crippen LogP contribution in [0.1, 0.15) is 5.56 Å². The summed E-state index contributed by atoms with van der Waals surface area (Å²) in [6.07, 6.45) is 0.867. The van der Waals surface area contributed by atoms with Crippen LogP contribution < -0.4 is 20.7 Å². The van der Waals surface area contributed by atoms with Crippen molar-refractivity contribution in [2.75, 3.05) is 0 Å². The molecule has 5 rings (SSSR count). The van der Waals surface area contributed by atoms with E-state index in [2.05, 4.69) is 103 Å². The van der Waals surface area contributed by atoms with Crippen molar-refractivity contribution in [1.82, 2.24) is 0 Å². The second kappa shape index (κ2) is 10.0. The summed E-state index contributed by atoms with van der Waals surface area (Å²) in [5.74, 6) is 1.09. The minimum atomic E-state index is -1.99. The molecule has 0 heterocycles. The summed E-state index contributed by atoms with van der Waals surface area (Å²) in [5, 5.41) is 4.03. The van der Waals surface area contributed by atoms with Gasteiger partial charge in [-0.25, -0.2) is 4.39 Å². The first-order valence-corrected chi connectivity index (χ1v) is 13.3. The number of rotatable bonds is 7. The van der Waals surface area contributed by atoms with Crippen LogP contribution in [0.5, 0.6) is 11.5 Å². The highest BCUT2D eigenvalue weighted by Gasteiger charge is 2.45. The van der Waals surface area contributed by atoms with Crippen molar-refractivity contribution in [1.29, 1.82) is 0 Å². The normalized spacial score (nSPS) is 11.2. The van der Waals surface area contributed by atoms with Crippen LogP contribution in [-0.4, -0.2) is 0 Å². The Balaban J connectivity index is 1.61. The molecule has 0 aromatic heterocycles. The number of benzene rings is 5. The van der Waals surface area contributed by atoms with Crippen molar-refractivity contribution in [3.8, 4) is 11.5 Å².